The Hall–Kier alpha value is -0.980. The van der Waals surface area contributed by atoms with E-state index in [1.165, 1.54) is 30.4 Å². The van der Waals surface area contributed by atoms with Crippen LogP contribution in [0.2, 0.25) is 0 Å². The first kappa shape index (κ1) is 8.61. The smallest absolute Gasteiger partial charge is 0.119 e. The van der Waals surface area contributed by atoms with E-state index in [1.807, 2.05) is 0 Å². The van der Waals surface area contributed by atoms with Crippen molar-refractivity contribution in [2.45, 2.75) is 32.1 Å². The molecule has 0 bridgehead atoms. The summed E-state index contributed by atoms with van der Waals surface area (Å²) in [5.41, 5.74) is 3.00. The molecule has 0 radical (unpaired) electrons. The SMILES string of the molecule is COc1ccc2c(c1)[C@@H](C)CCC2. The highest BCUT2D eigenvalue weighted by atomic mass is 16.5. The van der Waals surface area contributed by atoms with Crippen LogP contribution in [0.3, 0.4) is 0 Å². The van der Waals surface area contributed by atoms with E-state index in [2.05, 4.69) is 25.1 Å². The molecule has 0 amide bonds. The van der Waals surface area contributed by atoms with Gasteiger partial charge in [-0.1, -0.05) is 13.0 Å². The summed E-state index contributed by atoms with van der Waals surface area (Å²) in [6, 6.07) is 6.47. The summed E-state index contributed by atoms with van der Waals surface area (Å²) < 4.78 is 5.23. The third-order valence-corrected chi connectivity index (χ3v) is 2.97. The van der Waals surface area contributed by atoms with Gasteiger partial charge in [0.2, 0.25) is 0 Å². The van der Waals surface area contributed by atoms with Crippen molar-refractivity contribution in [2.75, 3.05) is 7.11 Å². The number of rotatable bonds is 1. The van der Waals surface area contributed by atoms with Gasteiger partial charge in [0.1, 0.15) is 5.75 Å². The molecule has 1 atom stereocenters. The Morgan fingerprint density at radius 1 is 1.38 bits per heavy atom. The molecular formula is C12H16O. The normalized spacial score (nSPS) is 20.9. The van der Waals surface area contributed by atoms with Crippen LogP contribution in [0.25, 0.3) is 0 Å². The van der Waals surface area contributed by atoms with Crippen LogP contribution in [0.1, 0.15) is 36.8 Å². The average molecular weight is 176 g/mol. The fourth-order valence-electron chi connectivity index (χ4n) is 2.14. The molecule has 0 aliphatic heterocycles. The van der Waals surface area contributed by atoms with Crippen LogP contribution in [0, 0.1) is 0 Å². The minimum Gasteiger partial charge on any atom is -0.497 e. The van der Waals surface area contributed by atoms with Crippen molar-refractivity contribution in [1.82, 2.24) is 0 Å². The van der Waals surface area contributed by atoms with E-state index >= 15 is 0 Å². The largest absolute Gasteiger partial charge is 0.497 e. The van der Waals surface area contributed by atoms with E-state index in [9.17, 15) is 0 Å². The minimum absolute atomic E-state index is 0.707. The molecule has 70 valence electrons. The zero-order chi connectivity index (χ0) is 9.26. The minimum atomic E-state index is 0.707. The summed E-state index contributed by atoms with van der Waals surface area (Å²) in [5.74, 6) is 1.70. The molecule has 1 heteroatoms. The van der Waals surface area contributed by atoms with Crippen LogP contribution in [0.5, 0.6) is 5.75 Å². The lowest BCUT2D eigenvalue weighted by Crippen LogP contribution is -2.06. The number of benzene rings is 1. The molecule has 1 aromatic rings. The van der Waals surface area contributed by atoms with Crippen molar-refractivity contribution in [1.29, 1.82) is 0 Å². The maximum Gasteiger partial charge on any atom is 0.119 e. The van der Waals surface area contributed by atoms with Gasteiger partial charge in [0.05, 0.1) is 7.11 Å². The van der Waals surface area contributed by atoms with Crippen molar-refractivity contribution in [3.05, 3.63) is 29.3 Å². The van der Waals surface area contributed by atoms with Crippen molar-refractivity contribution >= 4 is 0 Å². The Labute approximate surface area is 79.7 Å². The molecule has 0 aromatic heterocycles. The Morgan fingerprint density at radius 2 is 2.23 bits per heavy atom. The van der Waals surface area contributed by atoms with Crippen molar-refractivity contribution in [3.8, 4) is 5.75 Å². The first-order chi connectivity index (χ1) is 6.31. The molecule has 0 spiro atoms. The van der Waals surface area contributed by atoms with Crippen LogP contribution >= 0.6 is 0 Å². The Morgan fingerprint density at radius 3 is 3.00 bits per heavy atom. The molecule has 1 aromatic carbocycles. The second kappa shape index (κ2) is 3.41. The van der Waals surface area contributed by atoms with Gasteiger partial charge < -0.3 is 4.74 Å². The molecular weight excluding hydrogens is 160 g/mol. The van der Waals surface area contributed by atoms with Crippen LogP contribution in [0.15, 0.2) is 18.2 Å². The number of aryl methyl sites for hydroxylation is 1. The summed E-state index contributed by atoms with van der Waals surface area (Å²) in [5, 5.41) is 0. The third kappa shape index (κ3) is 1.55. The Balaban J connectivity index is 2.41. The number of methoxy groups -OCH3 is 1. The number of hydrogen-bond donors (Lipinski definition) is 0. The van der Waals surface area contributed by atoms with Gasteiger partial charge >= 0.3 is 0 Å². The molecule has 1 nitrogen and oxygen atoms in total. The highest BCUT2D eigenvalue weighted by Gasteiger charge is 2.16. The van der Waals surface area contributed by atoms with E-state index < -0.39 is 0 Å². The number of ether oxygens (including phenoxy) is 1. The first-order valence-corrected chi connectivity index (χ1v) is 4.98. The maximum absolute atomic E-state index is 5.23. The second-order valence-corrected chi connectivity index (χ2v) is 3.86. The fraction of sp³-hybridized carbons (Fsp3) is 0.500. The van der Waals surface area contributed by atoms with E-state index in [1.54, 1.807) is 7.11 Å². The second-order valence-electron chi connectivity index (χ2n) is 3.86. The van der Waals surface area contributed by atoms with Gasteiger partial charge in [-0.15, -0.1) is 0 Å². The number of hydrogen-bond acceptors (Lipinski definition) is 1. The predicted octanol–water partition coefficient (Wildman–Crippen LogP) is 3.14. The van der Waals surface area contributed by atoms with Gasteiger partial charge in [-0.05, 0) is 48.4 Å². The van der Waals surface area contributed by atoms with Crippen LogP contribution in [-0.4, -0.2) is 7.11 Å². The van der Waals surface area contributed by atoms with Gasteiger partial charge in [0, 0.05) is 0 Å². The molecule has 0 N–H and O–H groups in total. The lowest BCUT2D eigenvalue weighted by atomic mass is 9.84. The van der Waals surface area contributed by atoms with Gasteiger partial charge in [-0.2, -0.15) is 0 Å². The van der Waals surface area contributed by atoms with E-state index in [4.69, 9.17) is 4.74 Å². The van der Waals surface area contributed by atoms with Crippen molar-refractivity contribution in [3.63, 3.8) is 0 Å². The molecule has 0 saturated heterocycles. The molecule has 2 rings (SSSR count). The standard InChI is InChI=1S/C12H16O/c1-9-4-3-5-10-6-7-11(13-2)8-12(9)10/h6-9H,3-5H2,1-2H3/t9-/m0/s1. The summed E-state index contributed by atoms with van der Waals surface area (Å²) in [6.07, 6.45) is 3.89. The van der Waals surface area contributed by atoms with Crippen molar-refractivity contribution in [2.24, 2.45) is 0 Å². The third-order valence-electron chi connectivity index (χ3n) is 2.97. The molecule has 1 aliphatic carbocycles. The van der Waals surface area contributed by atoms with Gasteiger partial charge in [0.15, 0.2) is 0 Å². The molecule has 0 unspecified atom stereocenters. The summed E-state index contributed by atoms with van der Waals surface area (Å²) in [4.78, 5) is 0. The summed E-state index contributed by atoms with van der Waals surface area (Å²) >= 11 is 0. The Kier molecular flexibility index (Phi) is 2.26. The topological polar surface area (TPSA) is 9.23 Å². The average Bonchev–Trinajstić information content (AvgIpc) is 2.18. The molecule has 1 aliphatic rings. The van der Waals surface area contributed by atoms with Crippen molar-refractivity contribution < 1.29 is 4.74 Å². The lowest BCUT2D eigenvalue weighted by Gasteiger charge is -2.22. The van der Waals surface area contributed by atoms with Gasteiger partial charge in [-0.25, -0.2) is 0 Å². The monoisotopic (exact) mass is 176 g/mol. The molecule has 13 heavy (non-hydrogen) atoms. The fourth-order valence-corrected chi connectivity index (χ4v) is 2.14. The molecule has 0 saturated carbocycles. The molecule has 0 fully saturated rings. The zero-order valence-corrected chi connectivity index (χ0v) is 8.34. The van der Waals surface area contributed by atoms with Crippen LogP contribution in [0.4, 0.5) is 0 Å². The highest BCUT2D eigenvalue weighted by Crippen LogP contribution is 2.33. The first-order valence-electron chi connectivity index (χ1n) is 4.98. The number of fused-ring (bicyclic) bond motifs is 1. The summed E-state index contributed by atoms with van der Waals surface area (Å²) in [6.45, 7) is 2.30. The lowest BCUT2D eigenvalue weighted by molar-refractivity contribution is 0.412. The van der Waals surface area contributed by atoms with Crippen LogP contribution in [-0.2, 0) is 6.42 Å². The highest BCUT2D eigenvalue weighted by molar-refractivity contribution is 5.39. The maximum atomic E-state index is 5.23. The molecule has 0 heterocycles. The van der Waals surface area contributed by atoms with Crippen LogP contribution < -0.4 is 4.74 Å². The van der Waals surface area contributed by atoms with E-state index in [-0.39, 0.29) is 0 Å². The summed E-state index contributed by atoms with van der Waals surface area (Å²) in [7, 11) is 1.73. The Bertz CT molecular complexity index is 304. The quantitative estimate of drug-likeness (QED) is 0.638. The van der Waals surface area contributed by atoms with E-state index in [0.29, 0.717) is 5.92 Å². The zero-order valence-electron chi connectivity index (χ0n) is 8.34. The van der Waals surface area contributed by atoms with Gasteiger partial charge in [-0.3, -0.25) is 0 Å². The van der Waals surface area contributed by atoms with E-state index in [0.717, 1.165) is 5.75 Å². The predicted molar refractivity (Wildman–Crippen MR) is 54.3 cm³/mol. The van der Waals surface area contributed by atoms with Gasteiger partial charge in [0.25, 0.3) is 0 Å².